The Morgan fingerprint density at radius 3 is 3.10 bits per heavy atom. The number of rotatable bonds is 1. The van der Waals surface area contributed by atoms with Crippen molar-refractivity contribution < 1.29 is 4.79 Å². The van der Waals surface area contributed by atoms with Gasteiger partial charge in [-0.3, -0.25) is 4.98 Å². The molecule has 2 saturated heterocycles. The largest absolute Gasteiger partial charge is 0.399 e. The molecule has 0 bridgehead atoms. The molecule has 21 heavy (non-hydrogen) atoms. The molecule has 2 aromatic rings. The molecule has 6 heteroatoms. The molecule has 6 nitrogen and oxygen atoms in total. The highest BCUT2D eigenvalue weighted by atomic mass is 16.2. The van der Waals surface area contributed by atoms with Crippen molar-refractivity contribution in [2.75, 3.05) is 36.8 Å². The number of nitrogens with one attached hydrogen (secondary N) is 1. The first-order valence-electron chi connectivity index (χ1n) is 7.16. The second-order valence-corrected chi connectivity index (χ2v) is 5.59. The van der Waals surface area contributed by atoms with E-state index in [0.717, 1.165) is 42.8 Å². The smallest absolute Gasteiger partial charge is 0.317 e. The monoisotopic (exact) mass is 283 g/mol. The van der Waals surface area contributed by atoms with Crippen LogP contribution in [0.3, 0.4) is 0 Å². The van der Waals surface area contributed by atoms with E-state index in [9.17, 15) is 4.79 Å². The minimum atomic E-state index is 0.0620. The van der Waals surface area contributed by atoms with Gasteiger partial charge >= 0.3 is 6.03 Å². The molecule has 2 fully saturated rings. The van der Waals surface area contributed by atoms with E-state index in [-0.39, 0.29) is 12.1 Å². The van der Waals surface area contributed by atoms with Crippen LogP contribution in [-0.4, -0.2) is 48.1 Å². The van der Waals surface area contributed by atoms with E-state index in [2.05, 4.69) is 15.2 Å². The molecule has 1 unspecified atom stereocenters. The number of urea groups is 1. The molecule has 2 aliphatic rings. The van der Waals surface area contributed by atoms with Crippen LogP contribution in [0, 0.1) is 0 Å². The molecule has 1 aromatic heterocycles. The van der Waals surface area contributed by atoms with Crippen LogP contribution >= 0.6 is 0 Å². The number of nitrogen functional groups attached to an aromatic ring is 1. The second kappa shape index (κ2) is 4.51. The van der Waals surface area contributed by atoms with Crippen molar-refractivity contribution in [3.63, 3.8) is 0 Å². The van der Waals surface area contributed by atoms with E-state index in [1.54, 1.807) is 0 Å². The van der Waals surface area contributed by atoms with E-state index in [4.69, 9.17) is 5.73 Å². The summed E-state index contributed by atoms with van der Waals surface area (Å²) in [6.07, 6.45) is 1.82. The molecule has 0 radical (unpaired) electrons. The fourth-order valence-corrected chi connectivity index (χ4v) is 3.25. The predicted octanol–water partition coefficient (Wildman–Crippen LogP) is 1.03. The number of piperazine rings is 1. The molecule has 108 valence electrons. The van der Waals surface area contributed by atoms with Crippen LogP contribution in [0.4, 0.5) is 16.2 Å². The zero-order valence-electron chi connectivity index (χ0n) is 11.6. The van der Waals surface area contributed by atoms with E-state index in [0.29, 0.717) is 0 Å². The van der Waals surface area contributed by atoms with Crippen molar-refractivity contribution >= 4 is 28.3 Å². The maximum atomic E-state index is 11.7. The number of anilines is 2. The van der Waals surface area contributed by atoms with Gasteiger partial charge in [0.2, 0.25) is 0 Å². The Morgan fingerprint density at radius 1 is 1.29 bits per heavy atom. The summed E-state index contributed by atoms with van der Waals surface area (Å²) >= 11 is 0. The van der Waals surface area contributed by atoms with Gasteiger partial charge in [-0.25, -0.2) is 4.79 Å². The van der Waals surface area contributed by atoms with Crippen molar-refractivity contribution in [1.82, 2.24) is 15.2 Å². The highest BCUT2D eigenvalue weighted by Crippen LogP contribution is 2.29. The number of pyridine rings is 1. The van der Waals surface area contributed by atoms with Crippen LogP contribution in [0.5, 0.6) is 0 Å². The average molecular weight is 283 g/mol. The Hall–Kier alpha value is -2.50. The fraction of sp³-hybridized carbons (Fsp3) is 0.333. The van der Waals surface area contributed by atoms with Crippen molar-refractivity contribution in [2.45, 2.75) is 6.04 Å². The normalized spacial score (nSPS) is 21.5. The Bertz CT molecular complexity index is 716. The summed E-state index contributed by atoms with van der Waals surface area (Å²) in [7, 11) is 0. The van der Waals surface area contributed by atoms with Crippen molar-refractivity contribution in [2.24, 2.45) is 0 Å². The number of carbonyl (C=O) groups is 1. The highest BCUT2D eigenvalue weighted by Gasteiger charge is 2.35. The van der Waals surface area contributed by atoms with Crippen LogP contribution in [0.2, 0.25) is 0 Å². The molecule has 1 atom stereocenters. The first kappa shape index (κ1) is 12.3. The van der Waals surface area contributed by atoms with Gasteiger partial charge < -0.3 is 20.9 Å². The van der Waals surface area contributed by atoms with E-state index in [1.165, 1.54) is 5.69 Å². The lowest BCUT2D eigenvalue weighted by Gasteiger charge is -2.38. The number of aromatic nitrogens is 1. The zero-order chi connectivity index (χ0) is 14.4. The van der Waals surface area contributed by atoms with Crippen LogP contribution in [0.1, 0.15) is 0 Å². The molecule has 3 N–H and O–H groups in total. The summed E-state index contributed by atoms with van der Waals surface area (Å²) < 4.78 is 0. The molecular weight excluding hydrogens is 266 g/mol. The van der Waals surface area contributed by atoms with Crippen LogP contribution in [0.25, 0.3) is 10.9 Å². The lowest BCUT2D eigenvalue weighted by atomic mass is 10.1. The number of fused-ring (bicyclic) bond motifs is 2. The van der Waals surface area contributed by atoms with Gasteiger partial charge in [-0.2, -0.15) is 0 Å². The topological polar surface area (TPSA) is 74.5 Å². The SMILES string of the molecule is Nc1ccc2c(N3CCN4C(=O)NCC4C3)ccnc2c1. The number of amides is 2. The summed E-state index contributed by atoms with van der Waals surface area (Å²) in [6, 6.07) is 8.19. The summed E-state index contributed by atoms with van der Waals surface area (Å²) in [5.74, 6) is 0. The lowest BCUT2D eigenvalue weighted by molar-refractivity contribution is 0.198. The van der Waals surface area contributed by atoms with E-state index >= 15 is 0 Å². The maximum absolute atomic E-state index is 11.7. The van der Waals surface area contributed by atoms with Crippen LogP contribution in [0.15, 0.2) is 30.5 Å². The van der Waals surface area contributed by atoms with Gasteiger partial charge in [0, 0.05) is 49.1 Å². The van der Waals surface area contributed by atoms with Gasteiger partial charge in [-0.1, -0.05) is 0 Å². The quantitative estimate of drug-likeness (QED) is 0.767. The van der Waals surface area contributed by atoms with Crippen LogP contribution in [-0.2, 0) is 0 Å². The van der Waals surface area contributed by atoms with Crippen LogP contribution < -0.4 is 16.0 Å². The van der Waals surface area contributed by atoms with E-state index < -0.39 is 0 Å². The maximum Gasteiger partial charge on any atom is 0.317 e. The minimum Gasteiger partial charge on any atom is -0.399 e. The number of benzene rings is 1. The predicted molar refractivity (Wildman–Crippen MR) is 82.3 cm³/mol. The van der Waals surface area contributed by atoms with E-state index in [1.807, 2.05) is 35.4 Å². The average Bonchev–Trinajstić information content (AvgIpc) is 2.87. The molecule has 0 spiro atoms. The number of carbonyl (C=O) groups excluding carboxylic acids is 1. The second-order valence-electron chi connectivity index (χ2n) is 5.59. The number of nitrogens with two attached hydrogens (primary N) is 1. The lowest BCUT2D eigenvalue weighted by Crippen LogP contribution is -2.52. The fourth-order valence-electron chi connectivity index (χ4n) is 3.25. The molecule has 2 aliphatic heterocycles. The van der Waals surface area contributed by atoms with Gasteiger partial charge in [0.15, 0.2) is 0 Å². The van der Waals surface area contributed by atoms with Gasteiger partial charge in [0.1, 0.15) is 0 Å². The Morgan fingerprint density at radius 2 is 2.19 bits per heavy atom. The molecule has 3 heterocycles. The first-order chi connectivity index (χ1) is 10.2. The molecule has 1 aromatic carbocycles. The summed E-state index contributed by atoms with van der Waals surface area (Å²) in [5.41, 5.74) is 8.63. The number of nitrogens with zero attached hydrogens (tertiary/aromatic N) is 3. The molecule has 4 rings (SSSR count). The third kappa shape index (κ3) is 1.94. The highest BCUT2D eigenvalue weighted by molar-refractivity contribution is 5.93. The summed E-state index contributed by atoms with van der Waals surface area (Å²) in [5, 5.41) is 4.02. The number of hydrogen-bond donors (Lipinski definition) is 2. The minimum absolute atomic E-state index is 0.0620. The molecule has 0 aliphatic carbocycles. The first-order valence-corrected chi connectivity index (χ1v) is 7.16. The van der Waals surface area contributed by atoms with Gasteiger partial charge in [0.25, 0.3) is 0 Å². The van der Waals surface area contributed by atoms with Gasteiger partial charge in [-0.15, -0.1) is 0 Å². The van der Waals surface area contributed by atoms with Crippen molar-refractivity contribution in [1.29, 1.82) is 0 Å². The van der Waals surface area contributed by atoms with Crippen molar-refractivity contribution in [3.05, 3.63) is 30.5 Å². The number of hydrogen-bond acceptors (Lipinski definition) is 4. The third-order valence-electron chi connectivity index (χ3n) is 4.32. The third-order valence-corrected chi connectivity index (χ3v) is 4.32. The Balaban J connectivity index is 1.69. The van der Waals surface area contributed by atoms with Gasteiger partial charge in [0.05, 0.1) is 11.6 Å². The Labute approximate surface area is 122 Å². The summed E-state index contributed by atoms with van der Waals surface area (Å²) in [6.45, 7) is 3.18. The standard InChI is InChI=1S/C15H17N5O/c16-10-1-2-12-13(7-10)17-4-3-14(12)19-5-6-20-11(9-19)8-18-15(20)21/h1-4,7,11H,5-6,8-9,16H2,(H,18,21). The Kier molecular flexibility index (Phi) is 2.63. The zero-order valence-corrected chi connectivity index (χ0v) is 11.6. The molecular formula is C15H17N5O. The molecule has 0 saturated carbocycles. The molecule has 2 amide bonds. The van der Waals surface area contributed by atoms with Gasteiger partial charge in [-0.05, 0) is 24.3 Å². The summed E-state index contributed by atoms with van der Waals surface area (Å²) in [4.78, 5) is 20.3. The van der Waals surface area contributed by atoms with Crippen molar-refractivity contribution in [3.8, 4) is 0 Å².